The monoisotopic (exact) mass is 359 g/mol. The van der Waals surface area contributed by atoms with Crippen LogP contribution in [0.1, 0.15) is 6.42 Å². The summed E-state index contributed by atoms with van der Waals surface area (Å²) >= 11 is 5.88. The van der Waals surface area contributed by atoms with Crippen LogP contribution in [-0.2, 0) is 9.59 Å². The van der Waals surface area contributed by atoms with Crippen molar-refractivity contribution in [2.45, 2.75) is 6.42 Å². The van der Waals surface area contributed by atoms with Crippen molar-refractivity contribution in [2.24, 2.45) is 4.99 Å². The van der Waals surface area contributed by atoms with E-state index in [4.69, 9.17) is 11.6 Å². The molecule has 0 bridgehead atoms. The third-order valence-corrected chi connectivity index (χ3v) is 4.05. The van der Waals surface area contributed by atoms with Gasteiger partial charge in [0.15, 0.2) is 17.4 Å². The maximum Gasteiger partial charge on any atom is 0.189 e. The number of hydrogen-bond acceptors (Lipinski definition) is 6. The molecule has 3 rings (SSSR count). The first-order chi connectivity index (χ1) is 12.0. The number of nitrogens with one attached hydrogen (secondary N) is 1. The highest BCUT2D eigenvalue weighted by atomic mass is 35.5. The molecule has 0 fully saturated rings. The van der Waals surface area contributed by atoms with Gasteiger partial charge in [-0.05, 0) is 32.3 Å². The molecular weight excluding hydrogens is 342 g/mol. The number of nitrogens with zero attached hydrogens (tertiary/aromatic N) is 4. The van der Waals surface area contributed by atoms with E-state index >= 15 is 0 Å². The number of anilines is 1. The molecule has 0 aromatic carbocycles. The number of hydrogen-bond donors (Lipinski definition) is 1. The lowest BCUT2D eigenvalue weighted by Gasteiger charge is -2.11. The number of likely N-dealkylation sites (N-methyl/N-ethyl adjacent to an activating group) is 1. The van der Waals surface area contributed by atoms with E-state index in [9.17, 15) is 9.59 Å². The predicted octanol–water partition coefficient (Wildman–Crippen LogP) is 2.04. The minimum atomic E-state index is -0.380. The largest absolute Gasteiger partial charge is 0.365 e. The second-order valence-electron chi connectivity index (χ2n) is 5.97. The average Bonchev–Trinajstić information content (AvgIpc) is 2.90. The fourth-order valence-electron chi connectivity index (χ4n) is 2.43. The van der Waals surface area contributed by atoms with Gasteiger partial charge in [-0.2, -0.15) is 0 Å². The summed E-state index contributed by atoms with van der Waals surface area (Å²) in [6.45, 7) is 1.50. The van der Waals surface area contributed by atoms with Gasteiger partial charge in [-0.3, -0.25) is 9.59 Å². The lowest BCUT2D eigenvalue weighted by molar-refractivity contribution is -0.121. The quantitative estimate of drug-likeness (QED) is 0.826. The Balaban J connectivity index is 2.03. The average molecular weight is 360 g/mol. The zero-order chi connectivity index (χ0) is 18.0. The Morgan fingerprint density at radius 1 is 1.32 bits per heavy atom. The molecule has 7 nitrogen and oxygen atoms in total. The molecule has 130 valence electrons. The number of ketones is 2. The molecular formula is C17H18ClN5O2. The van der Waals surface area contributed by atoms with Gasteiger partial charge < -0.3 is 10.2 Å². The highest BCUT2D eigenvalue weighted by Gasteiger charge is 2.24. The number of halogens is 1. The van der Waals surface area contributed by atoms with Crippen LogP contribution in [0.3, 0.4) is 0 Å². The fourth-order valence-corrected chi connectivity index (χ4v) is 2.60. The minimum absolute atomic E-state index is 0.0249. The van der Waals surface area contributed by atoms with E-state index in [1.165, 1.54) is 6.08 Å². The van der Waals surface area contributed by atoms with Crippen molar-refractivity contribution in [3.63, 3.8) is 0 Å². The van der Waals surface area contributed by atoms with Gasteiger partial charge in [-0.25, -0.2) is 9.51 Å². The molecule has 1 N–H and O–H groups in total. The van der Waals surface area contributed by atoms with Crippen LogP contribution >= 0.6 is 11.6 Å². The SMILES string of the molecule is CN(C)CCNc1nn2ccccc2c1N=C1C=C(Cl)C(=O)CC1=O. The van der Waals surface area contributed by atoms with Gasteiger partial charge in [-0.15, -0.1) is 5.10 Å². The normalized spacial score (nSPS) is 16.8. The highest BCUT2D eigenvalue weighted by Crippen LogP contribution is 2.30. The number of aliphatic imine (C=N–C) groups is 1. The van der Waals surface area contributed by atoms with E-state index in [0.717, 1.165) is 12.1 Å². The zero-order valence-corrected chi connectivity index (χ0v) is 14.7. The molecule has 0 radical (unpaired) electrons. The van der Waals surface area contributed by atoms with E-state index in [1.807, 2.05) is 43.4 Å². The molecule has 0 aliphatic heterocycles. The second-order valence-corrected chi connectivity index (χ2v) is 6.38. The van der Waals surface area contributed by atoms with Crippen LogP contribution in [0, 0.1) is 0 Å². The number of allylic oxidation sites excluding steroid dienone is 2. The van der Waals surface area contributed by atoms with E-state index < -0.39 is 0 Å². The molecule has 8 heteroatoms. The molecule has 0 spiro atoms. The van der Waals surface area contributed by atoms with Gasteiger partial charge in [0.25, 0.3) is 0 Å². The summed E-state index contributed by atoms with van der Waals surface area (Å²) in [5.41, 5.74) is 1.48. The van der Waals surface area contributed by atoms with Gasteiger partial charge in [0.2, 0.25) is 0 Å². The summed E-state index contributed by atoms with van der Waals surface area (Å²) in [6, 6.07) is 5.61. The van der Waals surface area contributed by atoms with Gasteiger partial charge >= 0.3 is 0 Å². The number of aromatic nitrogens is 2. The van der Waals surface area contributed by atoms with Crippen LogP contribution < -0.4 is 5.32 Å². The summed E-state index contributed by atoms with van der Waals surface area (Å²) in [4.78, 5) is 30.2. The summed E-state index contributed by atoms with van der Waals surface area (Å²) in [6.07, 6.45) is 2.88. The zero-order valence-electron chi connectivity index (χ0n) is 14.0. The Kier molecular flexibility index (Phi) is 4.96. The molecule has 1 aliphatic carbocycles. The third kappa shape index (κ3) is 3.78. The number of pyridine rings is 1. The molecule has 2 heterocycles. The fraction of sp³-hybridized carbons (Fsp3) is 0.294. The summed E-state index contributed by atoms with van der Waals surface area (Å²) in [7, 11) is 3.97. The maximum atomic E-state index is 12.1. The summed E-state index contributed by atoms with van der Waals surface area (Å²) in [5, 5.41) is 7.75. The number of Topliss-reactive ketones (excluding diaryl/α,β-unsaturated/α-hetero) is 2. The van der Waals surface area contributed by atoms with Gasteiger partial charge in [0.1, 0.15) is 11.4 Å². The molecule has 0 saturated carbocycles. The van der Waals surface area contributed by atoms with Crippen LogP contribution in [0.25, 0.3) is 5.52 Å². The van der Waals surface area contributed by atoms with Crippen LogP contribution in [-0.4, -0.2) is 59.0 Å². The predicted molar refractivity (Wildman–Crippen MR) is 97.9 cm³/mol. The van der Waals surface area contributed by atoms with Crippen molar-refractivity contribution < 1.29 is 9.59 Å². The number of rotatable bonds is 5. The molecule has 0 unspecified atom stereocenters. The Hall–Kier alpha value is -2.51. The van der Waals surface area contributed by atoms with Crippen molar-refractivity contribution in [1.29, 1.82) is 0 Å². The van der Waals surface area contributed by atoms with E-state index in [2.05, 4.69) is 15.4 Å². The van der Waals surface area contributed by atoms with Gasteiger partial charge in [0.05, 0.1) is 17.0 Å². The number of carbonyl (C=O) groups excluding carboxylic acids is 2. The molecule has 0 amide bonds. The molecule has 2 aromatic heterocycles. The van der Waals surface area contributed by atoms with E-state index in [0.29, 0.717) is 18.1 Å². The highest BCUT2D eigenvalue weighted by molar-refractivity contribution is 6.57. The standard InChI is InChI=1S/C17H18ClN5O2/c1-22(2)8-6-19-17-16(13-5-3-4-7-23(13)21-17)20-12-9-11(18)14(24)10-15(12)25/h3-5,7,9H,6,8,10H2,1-2H3,(H,19,21). The van der Waals surface area contributed by atoms with E-state index in [1.54, 1.807) is 4.52 Å². The van der Waals surface area contributed by atoms with E-state index in [-0.39, 0.29) is 28.7 Å². The molecule has 0 atom stereocenters. The van der Waals surface area contributed by atoms with Crippen LogP contribution in [0.2, 0.25) is 0 Å². The Morgan fingerprint density at radius 2 is 2.12 bits per heavy atom. The second kappa shape index (κ2) is 7.16. The smallest absolute Gasteiger partial charge is 0.189 e. The molecule has 1 aliphatic rings. The minimum Gasteiger partial charge on any atom is -0.365 e. The van der Waals surface area contributed by atoms with Crippen molar-refractivity contribution in [3.05, 3.63) is 35.5 Å². The van der Waals surface area contributed by atoms with Crippen molar-refractivity contribution >= 4 is 45.9 Å². The van der Waals surface area contributed by atoms with Crippen molar-refractivity contribution in [3.8, 4) is 0 Å². The Morgan fingerprint density at radius 3 is 2.88 bits per heavy atom. The first-order valence-electron chi connectivity index (χ1n) is 7.84. The van der Waals surface area contributed by atoms with Crippen molar-refractivity contribution in [1.82, 2.24) is 14.5 Å². The molecule has 25 heavy (non-hydrogen) atoms. The topological polar surface area (TPSA) is 79.1 Å². The molecule has 0 saturated heterocycles. The van der Waals surface area contributed by atoms with Gasteiger partial charge in [0, 0.05) is 19.3 Å². The van der Waals surface area contributed by atoms with Crippen LogP contribution in [0.4, 0.5) is 11.5 Å². The van der Waals surface area contributed by atoms with Gasteiger partial charge in [-0.1, -0.05) is 17.7 Å². The Bertz CT molecular complexity index is 898. The number of fused-ring (bicyclic) bond motifs is 1. The van der Waals surface area contributed by atoms with Crippen LogP contribution in [0.15, 0.2) is 40.5 Å². The van der Waals surface area contributed by atoms with Crippen LogP contribution in [0.5, 0.6) is 0 Å². The first-order valence-corrected chi connectivity index (χ1v) is 8.22. The lowest BCUT2D eigenvalue weighted by atomic mass is 10.0. The number of carbonyl (C=O) groups is 2. The lowest BCUT2D eigenvalue weighted by Crippen LogP contribution is -2.22. The summed E-state index contributed by atoms with van der Waals surface area (Å²) < 4.78 is 1.70. The Labute approximate surface area is 150 Å². The first kappa shape index (κ1) is 17.3. The summed E-state index contributed by atoms with van der Waals surface area (Å²) in [5.74, 6) is -0.145. The maximum absolute atomic E-state index is 12.1. The van der Waals surface area contributed by atoms with Crippen molar-refractivity contribution in [2.75, 3.05) is 32.5 Å². The third-order valence-electron chi connectivity index (χ3n) is 3.73. The molecule has 2 aromatic rings.